The fraction of sp³-hybridized carbons (Fsp3) is 0.273. The van der Waals surface area contributed by atoms with Crippen LogP contribution in [0.4, 0.5) is 17.6 Å². The van der Waals surface area contributed by atoms with Gasteiger partial charge >= 0.3 is 6.18 Å². The number of rotatable bonds is 4. The molecule has 0 radical (unpaired) electrons. The van der Waals surface area contributed by atoms with Crippen LogP contribution in [0.25, 0.3) is 0 Å². The molecule has 1 atom stereocenters. The van der Waals surface area contributed by atoms with Crippen molar-refractivity contribution < 1.29 is 32.3 Å². The molecule has 0 aromatic heterocycles. The van der Waals surface area contributed by atoms with E-state index in [1.165, 1.54) is 0 Å². The lowest BCUT2D eigenvalue weighted by Crippen LogP contribution is -2.40. The van der Waals surface area contributed by atoms with Gasteiger partial charge in [0, 0.05) is 5.56 Å². The van der Waals surface area contributed by atoms with E-state index >= 15 is 0 Å². The van der Waals surface area contributed by atoms with Gasteiger partial charge in [-0.3, -0.25) is 9.59 Å². The van der Waals surface area contributed by atoms with E-state index in [-0.39, 0.29) is 0 Å². The minimum absolute atomic E-state index is 0.335. The number of halogens is 4. The molecular weight excluding hydrogens is 284 g/mol. The van der Waals surface area contributed by atoms with Gasteiger partial charge in [0.05, 0.1) is 12.1 Å². The Morgan fingerprint density at radius 3 is 2.45 bits per heavy atom. The number of nitrogens with two attached hydrogens (primary N) is 1. The number of amides is 2. The molecule has 1 unspecified atom stereocenters. The molecule has 1 rings (SSSR count). The first-order chi connectivity index (χ1) is 9.12. The van der Waals surface area contributed by atoms with E-state index < -0.39 is 47.6 Å². The summed E-state index contributed by atoms with van der Waals surface area (Å²) in [5.41, 5.74) is 2.68. The number of aliphatic hydroxyl groups is 1. The first-order valence-corrected chi connectivity index (χ1v) is 5.25. The third-order valence-electron chi connectivity index (χ3n) is 2.32. The van der Waals surface area contributed by atoms with Gasteiger partial charge in [0.15, 0.2) is 0 Å². The Morgan fingerprint density at radius 2 is 1.95 bits per heavy atom. The molecule has 0 aliphatic carbocycles. The zero-order chi connectivity index (χ0) is 15.5. The average molecular weight is 294 g/mol. The monoisotopic (exact) mass is 294 g/mol. The van der Waals surface area contributed by atoms with Gasteiger partial charge in [-0.15, -0.1) is 0 Å². The zero-order valence-electron chi connectivity index (χ0n) is 9.87. The number of alkyl halides is 3. The smallest absolute Gasteiger partial charge is 0.381 e. The number of carbonyl (C=O) groups excluding carboxylic acids is 2. The second-order valence-electron chi connectivity index (χ2n) is 3.82. The highest BCUT2D eigenvalue weighted by Crippen LogP contribution is 2.31. The second-order valence-corrected chi connectivity index (χ2v) is 3.82. The molecule has 20 heavy (non-hydrogen) atoms. The minimum Gasteiger partial charge on any atom is -0.381 e. The van der Waals surface area contributed by atoms with Crippen LogP contribution in [0.15, 0.2) is 18.2 Å². The van der Waals surface area contributed by atoms with E-state index in [0.29, 0.717) is 12.1 Å². The lowest BCUT2D eigenvalue weighted by atomic mass is 10.1. The summed E-state index contributed by atoms with van der Waals surface area (Å²) >= 11 is 0. The van der Waals surface area contributed by atoms with Crippen LogP contribution in [0, 0.1) is 5.82 Å². The van der Waals surface area contributed by atoms with Gasteiger partial charge in [0.1, 0.15) is 11.9 Å². The predicted molar refractivity (Wildman–Crippen MR) is 58.9 cm³/mol. The summed E-state index contributed by atoms with van der Waals surface area (Å²) in [4.78, 5) is 22.0. The van der Waals surface area contributed by atoms with Crippen LogP contribution in [0.1, 0.15) is 15.9 Å². The lowest BCUT2D eigenvalue weighted by Gasteiger charge is -2.11. The molecule has 5 nitrogen and oxygen atoms in total. The van der Waals surface area contributed by atoms with E-state index in [4.69, 9.17) is 10.8 Å². The van der Waals surface area contributed by atoms with Crippen LogP contribution in [0.5, 0.6) is 0 Å². The van der Waals surface area contributed by atoms with E-state index in [9.17, 15) is 27.2 Å². The van der Waals surface area contributed by atoms with E-state index in [2.05, 4.69) is 0 Å². The average Bonchev–Trinajstić information content (AvgIpc) is 2.34. The number of hydrogen-bond donors (Lipinski definition) is 3. The van der Waals surface area contributed by atoms with Crippen LogP contribution in [-0.4, -0.2) is 29.6 Å². The summed E-state index contributed by atoms with van der Waals surface area (Å²) in [6, 6.07) is 1.68. The van der Waals surface area contributed by atoms with Crippen LogP contribution >= 0.6 is 0 Å². The fourth-order valence-electron chi connectivity index (χ4n) is 1.28. The van der Waals surface area contributed by atoms with Gasteiger partial charge < -0.3 is 16.2 Å². The third kappa shape index (κ3) is 3.92. The van der Waals surface area contributed by atoms with Crippen LogP contribution < -0.4 is 11.1 Å². The van der Waals surface area contributed by atoms with Gasteiger partial charge in [0.25, 0.3) is 5.91 Å². The van der Waals surface area contributed by atoms with Crippen molar-refractivity contribution in [1.82, 2.24) is 5.32 Å². The van der Waals surface area contributed by atoms with Crippen LogP contribution in [0.3, 0.4) is 0 Å². The standard InChI is InChI=1S/C11H10F4N2O3/c12-7-2-1-5(3-6(7)11(13,14)15)10(20)17-4-8(18)9(16)19/h1-3,8,18H,4H2,(H2,16,19)(H,17,20). The third-order valence-corrected chi connectivity index (χ3v) is 2.32. The maximum atomic E-state index is 13.0. The Balaban J connectivity index is 2.87. The first-order valence-electron chi connectivity index (χ1n) is 5.25. The predicted octanol–water partition coefficient (Wildman–Crippen LogP) is 0.421. The molecule has 1 aromatic rings. The van der Waals surface area contributed by atoms with Crippen molar-refractivity contribution in [3.63, 3.8) is 0 Å². The van der Waals surface area contributed by atoms with Gasteiger partial charge in [-0.2, -0.15) is 13.2 Å². The molecule has 2 amide bonds. The van der Waals surface area contributed by atoms with Crippen molar-refractivity contribution >= 4 is 11.8 Å². The van der Waals surface area contributed by atoms with E-state index in [0.717, 1.165) is 6.07 Å². The molecule has 1 aromatic carbocycles. The normalized spacial score (nSPS) is 12.8. The van der Waals surface area contributed by atoms with Crippen molar-refractivity contribution in [3.8, 4) is 0 Å². The molecule has 0 aliphatic rings. The molecule has 0 bridgehead atoms. The Hall–Kier alpha value is -2.16. The molecule has 0 heterocycles. The molecule has 4 N–H and O–H groups in total. The van der Waals surface area contributed by atoms with E-state index in [1.807, 2.05) is 5.32 Å². The van der Waals surface area contributed by atoms with Crippen molar-refractivity contribution in [3.05, 3.63) is 35.1 Å². The molecule has 9 heteroatoms. The molecule has 0 saturated heterocycles. The summed E-state index contributed by atoms with van der Waals surface area (Å²) in [7, 11) is 0. The number of nitrogens with one attached hydrogen (secondary N) is 1. The Labute approximate surface area is 110 Å². The Bertz CT molecular complexity index is 531. The molecular formula is C11H10F4N2O3. The Kier molecular flexibility index (Phi) is 4.66. The molecule has 0 spiro atoms. The number of hydrogen-bond acceptors (Lipinski definition) is 3. The molecule has 110 valence electrons. The summed E-state index contributed by atoms with van der Waals surface area (Å²) in [6.45, 7) is -0.563. The highest BCUT2D eigenvalue weighted by molar-refractivity contribution is 5.94. The van der Waals surface area contributed by atoms with Crippen molar-refractivity contribution in [2.45, 2.75) is 12.3 Å². The maximum absolute atomic E-state index is 13.0. The van der Waals surface area contributed by atoms with Crippen LogP contribution in [-0.2, 0) is 11.0 Å². The summed E-state index contributed by atoms with van der Waals surface area (Å²) in [6.07, 6.45) is -6.60. The van der Waals surface area contributed by atoms with Crippen molar-refractivity contribution in [2.75, 3.05) is 6.54 Å². The summed E-state index contributed by atoms with van der Waals surface area (Å²) < 4.78 is 50.3. The highest BCUT2D eigenvalue weighted by Gasteiger charge is 2.34. The van der Waals surface area contributed by atoms with Gasteiger partial charge in [-0.1, -0.05) is 0 Å². The number of carbonyl (C=O) groups is 2. The quantitative estimate of drug-likeness (QED) is 0.703. The molecule has 0 fully saturated rings. The van der Waals surface area contributed by atoms with E-state index in [1.54, 1.807) is 0 Å². The summed E-state index contributed by atoms with van der Waals surface area (Å²) in [5.74, 6) is -3.61. The SMILES string of the molecule is NC(=O)C(O)CNC(=O)c1ccc(F)c(C(F)(F)F)c1. The maximum Gasteiger partial charge on any atom is 0.419 e. The van der Waals surface area contributed by atoms with Gasteiger partial charge in [0.2, 0.25) is 5.91 Å². The van der Waals surface area contributed by atoms with Gasteiger partial charge in [-0.05, 0) is 18.2 Å². The van der Waals surface area contributed by atoms with Crippen molar-refractivity contribution in [1.29, 1.82) is 0 Å². The minimum atomic E-state index is -4.94. The number of primary amides is 1. The summed E-state index contributed by atoms with van der Waals surface area (Å²) in [5, 5.41) is 11.0. The largest absolute Gasteiger partial charge is 0.419 e. The number of benzene rings is 1. The lowest BCUT2D eigenvalue weighted by molar-refractivity contribution is -0.140. The molecule has 0 saturated carbocycles. The highest BCUT2D eigenvalue weighted by atomic mass is 19.4. The Morgan fingerprint density at radius 1 is 1.35 bits per heavy atom. The second kappa shape index (κ2) is 5.87. The number of aliphatic hydroxyl groups excluding tert-OH is 1. The topological polar surface area (TPSA) is 92.4 Å². The fourth-order valence-corrected chi connectivity index (χ4v) is 1.28. The zero-order valence-corrected chi connectivity index (χ0v) is 9.87. The van der Waals surface area contributed by atoms with Gasteiger partial charge in [-0.25, -0.2) is 4.39 Å². The molecule has 0 aliphatic heterocycles. The van der Waals surface area contributed by atoms with Crippen LogP contribution in [0.2, 0.25) is 0 Å². The first kappa shape index (κ1) is 15.9. The van der Waals surface area contributed by atoms with Crippen molar-refractivity contribution in [2.24, 2.45) is 5.73 Å².